The van der Waals surface area contributed by atoms with Crippen LogP contribution in [0.2, 0.25) is 0 Å². The first kappa shape index (κ1) is 15.1. The Bertz CT molecular complexity index is 376. The number of rotatable bonds is 1. The summed E-state index contributed by atoms with van der Waals surface area (Å²) in [5.74, 6) is -0.358. The molecule has 2 rings (SSSR count). The second-order valence-corrected chi connectivity index (χ2v) is 6.42. The minimum Gasteiger partial charge on any atom is -0.469 e. The minimum atomic E-state index is -0.522. The zero-order valence-electron chi connectivity index (χ0n) is 12.5. The molecule has 0 aromatic heterocycles. The van der Waals surface area contributed by atoms with Gasteiger partial charge in [-0.2, -0.15) is 0 Å². The van der Waals surface area contributed by atoms with Crippen molar-refractivity contribution in [2.24, 2.45) is 5.92 Å². The summed E-state index contributed by atoms with van der Waals surface area (Å²) in [5, 5.41) is 0. The van der Waals surface area contributed by atoms with Gasteiger partial charge in [0.25, 0.3) is 0 Å². The smallest absolute Gasteiger partial charge is 0.410 e. The number of fused-ring (bicyclic) bond motifs is 2. The first-order valence-electron chi connectivity index (χ1n) is 6.98. The van der Waals surface area contributed by atoms with Crippen molar-refractivity contribution in [2.75, 3.05) is 20.3 Å². The third-order valence-electron chi connectivity index (χ3n) is 3.66. The Balaban J connectivity index is 2.09. The van der Waals surface area contributed by atoms with Gasteiger partial charge in [-0.1, -0.05) is 0 Å². The summed E-state index contributed by atoms with van der Waals surface area (Å²) in [6.07, 6.45) is 0.823. The van der Waals surface area contributed by atoms with Crippen LogP contribution >= 0.6 is 0 Å². The quantitative estimate of drug-likeness (QED) is 0.684. The van der Waals surface area contributed by atoms with Crippen molar-refractivity contribution in [3.63, 3.8) is 0 Å². The van der Waals surface area contributed by atoms with Crippen LogP contribution in [-0.2, 0) is 19.0 Å². The lowest BCUT2D eigenvalue weighted by atomic mass is 9.85. The van der Waals surface area contributed by atoms with Crippen molar-refractivity contribution in [3.8, 4) is 0 Å². The summed E-state index contributed by atoms with van der Waals surface area (Å²) in [6, 6.07) is -0.220. The Labute approximate surface area is 119 Å². The van der Waals surface area contributed by atoms with Crippen molar-refractivity contribution >= 4 is 12.1 Å². The summed E-state index contributed by atoms with van der Waals surface area (Å²) >= 11 is 0. The van der Waals surface area contributed by atoms with Gasteiger partial charge in [0.2, 0.25) is 0 Å². The summed E-state index contributed by atoms with van der Waals surface area (Å²) in [5.41, 5.74) is -0.522. The molecular formula is C14H23NO5. The van der Waals surface area contributed by atoms with Gasteiger partial charge >= 0.3 is 12.1 Å². The molecule has 6 heteroatoms. The SMILES string of the molecule is COC(=O)C1CC2COCC(C1)N2C(=O)OC(C)(C)C. The van der Waals surface area contributed by atoms with E-state index in [9.17, 15) is 9.59 Å². The molecule has 20 heavy (non-hydrogen) atoms. The minimum absolute atomic E-state index is 0.110. The highest BCUT2D eigenvalue weighted by Crippen LogP contribution is 2.33. The number of piperidine rings is 1. The Morgan fingerprint density at radius 3 is 2.15 bits per heavy atom. The summed E-state index contributed by atoms with van der Waals surface area (Å²) in [6.45, 7) is 6.43. The van der Waals surface area contributed by atoms with E-state index >= 15 is 0 Å². The number of methoxy groups -OCH3 is 1. The highest BCUT2D eigenvalue weighted by atomic mass is 16.6. The Kier molecular flexibility index (Phi) is 4.22. The van der Waals surface area contributed by atoms with E-state index in [1.54, 1.807) is 4.90 Å². The van der Waals surface area contributed by atoms with Crippen LogP contribution in [0.5, 0.6) is 0 Å². The second-order valence-electron chi connectivity index (χ2n) is 6.42. The average Bonchev–Trinajstić information content (AvgIpc) is 2.34. The van der Waals surface area contributed by atoms with Gasteiger partial charge in [0.05, 0.1) is 38.3 Å². The normalized spacial score (nSPS) is 29.8. The predicted octanol–water partition coefficient (Wildman–Crippen LogP) is 1.57. The van der Waals surface area contributed by atoms with E-state index in [-0.39, 0.29) is 30.1 Å². The summed E-state index contributed by atoms with van der Waals surface area (Å²) < 4.78 is 15.8. The van der Waals surface area contributed by atoms with Gasteiger partial charge < -0.3 is 14.2 Å². The molecule has 0 N–H and O–H groups in total. The van der Waals surface area contributed by atoms with E-state index in [1.165, 1.54) is 7.11 Å². The number of morpholine rings is 1. The number of amides is 1. The lowest BCUT2D eigenvalue weighted by Crippen LogP contribution is -2.60. The van der Waals surface area contributed by atoms with Crippen LogP contribution in [0, 0.1) is 5.92 Å². The third kappa shape index (κ3) is 3.23. The molecule has 0 aromatic carbocycles. The number of ether oxygens (including phenoxy) is 3. The predicted molar refractivity (Wildman–Crippen MR) is 71.2 cm³/mol. The standard InChI is InChI=1S/C14H23NO5/c1-14(2,3)20-13(17)15-10-5-9(12(16)18-4)6-11(15)8-19-7-10/h9-11H,5-8H2,1-4H3. The molecule has 2 aliphatic heterocycles. The maximum atomic E-state index is 12.3. The number of hydrogen-bond donors (Lipinski definition) is 0. The van der Waals surface area contributed by atoms with Crippen LogP contribution in [-0.4, -0.2) is 55.0 Å². The largest absolute Gasteiger partial charge is 0.469 e. The summed E-state index contributed by atoms with van der Waals surface area (Å²) in [7, 11) is 1.40. The van der Waals surface area contributed by atoms with Crippen LogP contribution in [0.15, 0.2) is 0 Å². The van der Waals surface area contributed by atoms with E-state index in [1.807, 2.05) is 20.8 Å². The molecule has 0 spiro atoms. The lowest BCUT2D eigenvalue weighted by Gasteiger charge is -2.47. The number of esters is 1. The fourth-order valence-electron chi connectivity index (χ4n) is 2.89. The number of hydrogen-bond acceptors (Lipinski definition) is 5. The molecule has 114 valence electrons. The Hall–Kier alpha value is -1.30. The second kappa shape index (κ2) is 5.60. The van der Waals surface area contributed by atoms with Crippen molar-refractivity contribution in [1.29, 1.82) is 0 Å². The van der Waals surface area contributed by atoms with Crippen molar-refractivity contribution < 1.29 is 23.8 Å². The molecule has 2 atom stereocenters. The Morgan fingerprint density at radius 1 is 1.15 bits per heavy atom. The van der Waals surface area contributed by atoms with Crippen molar-refractivity contribution in [2.45, 2.75) is 51.3 Å². The van der Waals surface area contributed by atoms with Crippen LogP contribution in [0.25, 0.3) is 0 Å². The maximum Gasteiger partial charge on any atom is 0.410 e. The van der Waals surface area contributed by atoms with E-state index in [0.717, 1.165) is 0 Å². The first-order valence-corrected chi connectivity index (χ1v) is 6.98. The zero-order chi connectivity index (χ0) is 14.9. The molecule has 2 heterocycles. The van der Waals surface area contributed by atoms with E-state index in [0.29, 0.717) is 26.1 Å². The molecule has 2 fully saturated rings. The van der Waals surface area contributed by atoms with Gasteiger partial charge in [0, 0.05) is 0 Å². The highest BCUT2D eigenvalue weighted by molar-refractivity contribution is 5.74. The van der Waals surface area contributed by atoms with Gasteiger partial charge in [0.15, 0.2) is 0 Å². The zero-order valence-corrected chi connectivity index (χ0v) is 12.5. The monoisotopic (exact) mass is 285 g/mol. The molecule has 2 saturated heterocycles. The topological polar surface area (TPSA) is 65.1 Å². The summed E-state index contributed by atoms with van der Waals surface area (Å²) in [4.78, 5) is 25.8. The van der Waals surface area contributed by atoms with E-state index in [4.69, 9.17) is 14.2 Å². The van der Waals surface area contributed by atoms with Crippen molar-refractivity contribution in [3.05, 3.63) is 0 Å². The van der Waals surface area contributed by atoms with E-state index in [2.05, 4.69) is 0 Å². The molecule has 1 amide bonds. The van der Waals surface area contributed by atoms with Crippen molar-refractivity contribution in [1.82, 2.24) is 4.90 Å². The third-order valence-corrected chi connectivity index (χ3v) is 3.66. The van der Waals surface area contributed by atoms with Gasteiger partial charge in [-0.05, 0) is 33.6 Å². The molecule has 0 saturated carbocycles. The van der Waals surface area contributed by atoms with Crippen LogP contribution < -0.4 is 0 Å². The number of carbonyl (C=O) groups excluding carboxylic acids is 2. The first-order chi connectivity index (χ1) is 9.31. The van der Waals surface area contributed by atoms with Crippen LogP contribution in [0.3, 0.4) is 0 Å². The fourth-order valence-corrected chi connectivity index (χ4v) is 2.89. The van der Waals surface area contributed by atoms with E-state index < -0.39 is 5.60 Å². The van der Waals surface area contributed by atoms with Gasteiger partial charge in [-0.25, -0.2) is 4.79 Å². The molecule has 2 aliphatic rings. The maximum absolute atomic E-state index is 12.3. The average molecular weight is 285 g/mol. The Morgan fingerprint density at radius 2 is 1.70 bits per heavy atom. The van der Waals surface area contributed by atoms with Crippen LogP contribution in [0.4, 0.5) is 4.79 Å². The number of nitrogens with zero attached hydrogens (tertiary/aromatic N) is 1. The number of carbonyl (C=O) groups is 2. The molecular weight excluding hydrogens is 262 g/mol. The van der Waals surface area contributed by atoms with Gasteiger partial charge in [-0.3, -0.25) is 9.69 Å². The van der Waals surface area contributed by atoms with Gasteiger partial charge in [0.1, 0.15) is 5.60 Å². The highest BCUT2D eigenvalue weighted by Gasteiger charge is 2.45. The molecule has 2 bridgehead atoms. The van der Waals surface area contributed by atoms with Crippen LogP contribution in [0.1, 0.15) is 33.6 Å². The molecule has 6 nitrogen and oxygen atoms in total. The molecule has 2 unspecified atom stereocenters. The molecule has 0 aromatic rings. The fraction of sp³-hybridized carbons (Fsp3) is 0.857. The lowest BCUT2D eigenvalue weighted by molar-refractivity contribution is -0.153. The molecule has 0 aliphatic carbocycles. The van der Waals surface area contributed by atoms with Gasteiger partial charge in [-0.15, -0.1) is 0 Å². The molecule has 0 radical (unpaired) electrons.